The van der Waals surface area contributed by atoms with Gasteiger partial charge in [-0.05, 0) is 49.2 Å². The summed E-state index contributed by atoms with van der Waals surface area (Å²) < 4.78 is 25.1. The highest BCUT2D eigenvalue weighted by atomic mass is 35.5. The van der Waals surface area contributed by atoms with E-state index in [0.717, 1.165) is 5.56 Å². The van der Waals surface area contributed by atoms with Crippen LogP contribution in [0.15, 0.2) is 84.9 Å². The molecule has 3 heterocycles. The lowest BCUT2D eigenvalue weighted by atomic mass is 9.91. The van der Waals surface area contributed by atoms with Crippen molar-refractivity contribution < 1.29 is 28.7 Å². The minimum atomic E-state index is -1.19. The number of hydroxylamine groups is 1. The normalized spacial score (nSPS) is 31.4. The van der Waals surface area contributed by atoms with Gasteiger partial charge in [-0.3, -0.25) is 15.0 Å². The van der Waals surface area contributed by atoms with Crippen LogP contribution in [-0.2, 0) is 30.4 Å². The van der Waals surface area contributed by atoms with Gasteiger partial charge in [0.05, 0.1) is 12.3 Å². The molecule has 9 nitrogen and oxygen atoms in total. The van der Waals surface area contributed by atoms with E-state index < -0.39 is 48.6 Å². The molecule has 0 spiro atoms. The molecule has 0 aliphatic carbocycles. The Morgan fingerprint density at radius 1 is 0.949 bits per heavy atom. The van der Waals surface area contributed by atoms with Crippen molar-refractivity contribution in [3.8, 4) is 0 Å². The van der Waals surface area contributed by atoms with Crippen LogP contribution in [0.3, 0.4) is 0 Å². The van der Waals surface area contributed by atoms with E-state index in [2.05, 4.69) is 0 Å². The number of benzene rings is 3. The lowest BCUT2D eigenvalue weighted by molar-refractivity contribution is -0.532. The zero-order chi connectivity index (χ0) is 27.1. The van der Waals surface area contributed by atoms with Crippen molar-refractivity contribution in [2.24, 2.45) is 0 Å². The molecule has 3 aromatic rings. The molecule has 39 heavy (non-hydrogen) atoms. The molecule has 0 amide bonds. The summed E-state index contributed by atoms with van der Waals surface area (Å²) in [5.74, 6) is -0.881. The average Bonchev–Trinajstić information content (AvgIpc) is 3.56. The maximum Gasteiger partial charge on any atom is 0.270 e. The topological polar surface area (TPSA) is 92.5 Å². The van der Waals surface area contributed by atoms with Gasteiger partial charge in [-0.15, -0.1) is 0 Å². The zero-order valence-corrected chi connectivity index (χ0v) is 22.2. The molecule has 204 valence electrons. The number of halogens is 1. The van der Waals surface area contributed by atoms with Gasteiger partial charge in [0.1, 0.15) is 18.3 Å². The summed E-state index contributed by atoms with van der Waals surface area (Å²) in [5, 5.41) is 14.9. The number of hydrogen-bond acceptors (Lipinski definition) is 8. The van der Waals surface area contributed by atoms with Crippen molar-refractivity contribution >= 4 is 17.3 Å². The van der Waals surface area contributed by atoms with E-state index in [0.29, 0.717) is 16.3 Å². The molecule has 7 atom stereocenters. The summed E-state index contributed by atoms with van der Waals surface area (Å²) in [6.07, 6.45) is -3.67. The highest BCUT2D eigenvalue weighted by Gasteiger charge is 2.65. The van der Waals surface area contributed by atoms with E-state index in [9.17, 15) is 10.1 Å². The number of ether oxygens (including phenoxy) is 4. The molecule has 0 radical (unpaired) electrons. The van der Waals surface area contributed by atoms with Crippen molar-refractivity contribution in [2.75, 3.05) is 5.06 Å². The van der Waals surface area contributed by atoms with Crippen LogP contribution in [0, 0.1) is 10.1 Å². The fraction of sp³-hybridized carbons (Fsp3) is 0.379. The fourth-order valence-electron chi connectivity index (χ4n) is 5.59. The van der Waals surface area contributed by atoms with Crippen LogP contribution in [0.25, 0.3) is 0 Å². The SMILES string of the molecule is CC1(C)OC2OC(C3C([N+](=O)[O-])C(c4ccc(Cl)cc4)ON3c3ccccc3)C(OCc3ccccc3)C2O1. The number of nitrogens with zero attached hydrogens (tertiary/aromatic N) is 2. The van der Waals surface area contributed by atoms with Crippen LogP contribution in [0.5, 0.6) is 0 Å². The molecule has 0 saturated carbocycles. The Hall–Kier alpha value is -3.05. The van der Waals surface area contributed by atoms with Crippen molar-refractivity contribution in [3.05, 3.63) is 111 Å². The summed E-state index contributed by atoms with van der Waals surface area (Å²) in [4.78, 5) is 18.8. The van der Waals surface area contributed by atoms with Crippen molar-refractivity contribution in [2.45, 2.75) is 69.0 Å². The first-order valence-electron chi connectivity index (χ1n) is 12.9. The number of para-hydroxylation sites is 1. The number of nitro groups is 1. The predicted molar refractivity (Wildman–Crippen MR) is 142 cm³/mol. The minimum Gasteiger partial charge on any atom is -0.368 e. The highest BCUT2D eigenvalue weighted by molar-refractivity contribution is 6.30. The van der Waals surface area contributed by atoms with Gasteiger partial charge < -0.3 is 18.9 Å². The first kappa shape index (κ1) is 26.2. The van der Waals surface area contributed by atoms with Crippen molar-refractivity contribution in [1.29, 1.82) is 0 Å². The molecule has 0 bridgehead atoms. The quantitative estimate of drug-likeness (QED) is 0.288. The number of fused-ring (bicyclic) bond motifs is 1. The van der Waals surface area contributed by atoms with Gasteiger partial charge in [0.15, 0.2) is 24.2 Å². The molecular formula is C29H29ClN2O7. The van der Waals surface area contributed by atoms with Gasteiger partial charge in [-0.25, -0.2) is 5.06 Å². The molecule has 6 rings (SSSR count). The Morgan fingerprint density at radius 3 is 2.28 bits per heavy atom. The first-order valence-corrected chi connectivity index (χ1v) is 13.3. The predicted octanol–water partition coefficient (Wildman–Crippen LogP) is 5.31. The summed E-state index contributed by atoms with van der Waals surface area (Å²) in [6.45, 7) is 3.90. The number of anilines is 1. The second-order valence-corrected chi connectivity index (χ2v) is 10.8. The lowest BCUT2D eigenvalue weighted by Gasteiger charge is -2.33. The fourth-order valence-corrected chi connectivity index (χ4v) is 5.72. The van der Waals surface area contributed by atoms with Gasteiger partial charge in [0.2, 0.25) is 0 Å². The number of hydrogen-bond donors (Lipinski definition) is 0. The summed E-state index contributed by atoms with van der Waals surface area (Å²) in [7, 11) is 0. The largest absolute Gasteiger partial charge is 0.368 e. The van der Waals surface area contributed by atoms with E-state index >= 15 is 0 Å². The third-order valence-electron chi connectivity index (χ3n) is 7.26. The standard InChI is InChI=1S/C29H29ClN2O7/c1-29(2)37-27-26(35-17-18-9-5-3-6-10-18)25(36-28(27)38-29)22-23(32(33)34)24(19-13-15-20(30)16-14-19)39-31(22)21-11-7-4-8-12-21/h3-16,22-28H,17H2,1-2H3. The van der Waals surface area contributed by atoms with Gasteiger partial charge in [0.25, 0.3) is 6.04 Å². The Bertz CT molecular complexity index is 1290. The maximum atomic E-state index is 12.7. The van der Waals surface area contributed by atoms with Gasteiger partial charge in [0, 0.05) is 9.95 Å². The summed E-state index contributed by atoms with van der Waals surface area (Å²) in [6, 6.07) is 23.9. The van der Waals surface area contributed by atoms with Crippen LogP contribution >= 0.6 is 11.6 Å². The van der Waals surface area contributed by atoms with E-state index in [1.54, 1.807) is 29.3 Å². The minimum absolute atomic E-state index is 0.279. The molecule has 0 aromatic heterocycles. The molecule has 3 aliphatic heterocycles. The van der Waals surface area contributed by atoms with E-state index in [4.69, 9.17) is 35.4 Å². The molecule has 10 heteroatoms. The molecule has 7 unspecified atom stereocenters. The van der Waals surface area contributed by atoms with Crippen molar-refractivity contribution in [3.63, 3.8) is 0 Å². The second-order valence-electron chi connectivity index (χ2n) is 10.3. The van der Waals surface area contributed by atoms with Gasteiger partial charge >= 0.3 is 0 Å². The van der Waals surface area contributed by atoms with E-state index in [1.165, 1.54) is 0 Å². The number of rotatable bonds is 7. The third kappa shape index (κ3) is 5.14. The maximum absolute atomic E-state index is 12.7. The molecule has 3 aromatic carbocycles. The van der Waals surface area contributed by atoms with Crippen LogP contribution in [0.1, 0.15) is 31.1 Å². The van der Waals surface area contributed by atoms with Crippen LogP contribution < -0.4 is 5.06 Å². The molecule has 3 fully saturated rings. The zero-order valence-electron chi connectivity index (χ0n) is 21.5. The highest BCUT2D eigenvalue weighted by Crippen LogP contribution is 2.47. The van der Waals surface area contributed by atoms with Crippen LogP contribution in [-0.4, -0.2) is 47.4 Å². The monoisotopic (exact) mass is 552 g/mol. The first-order chi connectivity index (χ1) is 18.8. The Labute approximate surface area is 231 Å². The summed E-state index contributed by atoms with van der Waals surface area (Å²) in [5.41, 5.74) is 2.26. The Balaban J connectivity index is 1.39. The van der Waals surface area contributed by atoms with Gasteiger partial charge in [-0.2, -0.15) is 0 Å². The third-order valence-corrected chi connectivity index (χ3v) is 7.51. The molecule has 0 N–H and O–H groups in total. The van der Waals surface area contributed by atoms with Gasteiger partial charge in [-0.1, -0.05) is 72.3 Å². The smallest absolute Gasteiger partial charge is 0.270 e. The van der Waals surface area contributed by atoms with Crippen molar-refractivity contribution in [1.82, 2.24) is 0 Å². The summed E-state index contributed by atoms with van der Waals surface area (Å²) >= 11 is 6.11. The van der Waals surface area contributed by atoms with E-state index in [-0.39, 0.29) is 11.5 Å². The lowest BCUT2D eigenvalue weighted by Crippen LogP contribution is -2.53. The van der Waals surface area contributed by atoms with Crippen LogP contribution in [0.2, 0.25) is 5.02 Å². The molecular weight excluding hydrogens is 524 g/mol. The molecule has 3 aliphatic rings. The molecule has 3 saturated heterocycles. The van der Waals surface area contributed by atoms with E-state index in [1.807, 2.05) is 74.5 Å². The second kappa shape index (κ2) is 10.5. The Kier molecular flexibility index (Phi) is 7.05. The Morgan fingerprint density at radius 2 is 1.62 bits per heavy atom. The average molecular weight is 553 g/mol. The van der Waals surface area contributed by atoms with Crippen LogP contribution in [0.4, 0.5) is 5.69 Å².